The van der Waals surface area contributed by atoms with E-state index < -0.39 is 5.41 Å². The van der Waals surface area contributed by atoms with Gasteiger partial charge in [-0.25, -0.2) is 0 Å². The van der Waals surface area contributed by atoms with Crippen molar-refractivity contribution in [3.63, 3.8) is 0 Å². The molecule has 3 aliphatic rings. The largest absolute Gasteiger partial charge is 0.461 e. The molecule has 146 valence electrons. The van der Waals surface area contributed by atoms with E-state index in [1.54, 1.807) is 0 Å². The summed E-state index contributed by atoms with van der Waals surface area (Å²) in [4.78, 5) is 13.6. The van der Waals surface area contributed by atoms with Crippen LogP contribution in [0.3, 0.4) is 0 Å². The highest BCUT2D eigenvalue weighted by molar-refractivity contribution is 5.87. The van der Waals surface area contributed by atoms with Gasteiger partial charge in [0.25, 0.3) is 0 Å². The van der Waals surface area contributed by atoms with Gasteiger partial charge >= 0.3 is 5.97 Å². The Morgan fingerprint density at radius 1 is 0.929 bits per heavy atom. The number of carbonyl (C=O) groups excluding carboxylic acids is 1. The van der Waals surface area contributed by atoms with Gasteiger partial charge in [0.05, 0.1) is 14.1 Å². The zero-order chi connectivity index (χ0) is 19.5. The van der Waals surface area contributed by atoms with E-state index in [1.165, 1.54) is 0 Å². The van der Waals surface area contributed by atoms with E-state index in [9.17, 15) is 4.79 Å². The van der Waals surface area contributed by atoms with Gasteiger partial charge in [-0.2, -0.15) is 0 Å². The highest BCUT2D eigenvalue weighted by atomic mass is 16.6. The molecule has 0 aliphatic carbocycles. The van der Waals surface area contributed by atoms with Crippen molar-refractivity contribution in [1.29, 1.82) is 0 Å². The summed E-state index contributed by atoms with van der Waals surface area (Å²) >= 11 is 0. The second-order valence-corrected chi connectivity index (χ2v) is 9.18. The molecule has 3 unspecified atom stereocenters. The van der Waals surface area contributed by atoms with E-state index in [-0.39, 0.29) is 12.1 Å². The maximum Gasteiger partial charge on any atom is 0.321 e. The molecule has 3 saturated heterocycles. The van der Waals surface area contributed by atoms with Crippen molar-refractivity contribution in [3.8, 4) is 0 Å². The zero-order valence-electron chi connectivity index (χ0n) is 16.7. The van der Waals surface area contributed by atoms with Crippen molar-refractivity contribution in [3.05, 3.63) is 71.8 Å². The molecule has 2 aromatic carbocycles. The van der Waals surface area contributed by atoms with E-state index in [0.717, 1.165) is 28.5 Å². The van der Waals surface area contributed by atoms with Crippen molar-refractivity contribution in [2.45, 2.75) is 55.6 Å². The summed E-state index contributed by atoms with van der Waals surface area (Å²) < 4.78 is 13.1. The van der Waals surface area contributed by atoms with Crippen LogP contribution in [-0.2, 0) is 19.7 Å². The smallest absolute Gasteiger partial charge is 0.321 e. The topological polar surface area (TPSA) is 38.8 Å². The van der Waals surface area contributed by atoms with Gasteiger partial charge in [-0.1, -0.05) is 60.7 Å². The van der Waals surface area contributed by atoms with Crippen LogP contribution in [0, 0.1) is 0 Å². The van der Waals surface area contributed by atoms with Crippen LogP contribution in [0.15, 0.2) is 60.7 Å². The molecule has 3 fully saturated rings. The Morgan fingerprint density at radius 3 is 1.86 bits per heavy atom. The summed E-state index contributed by atoms with van der Waals surface area (Å²) in [6.45, 7) is 1.98. The third kappa shape index (κ3) is 2.55. The minimum atomic E-state index is -0.817. The predicted molar refractivity (Wildman–Crippen MR) is 107 cm³/mol. The van der Waals surface area contributed by atoms with E-state index in [0.29, 0.717) is 24.3 Å². The van der Waals surface area contributed by atoms with Gasteiger partial charge in [0.15, 0.2) is 0 Å². The van der Waals surface area contributed by atoms with E-state index >= 15 is 0 Å². The Balaban J connectivity index is 1.42. The molecule has 5 rings (SSSR count). The summed E-state index contributed by atoms with van der Waals surface area (Å²) in [6.07, 6.45) is 2.46. The molecular formula is C24H28NO3+. The van der Waals surface area contributed by atoms with Crippen LogP contribution in [0.1, 0.15) is 30.9 Å². The molecular weight excluding hydrogens is 350 g/mol. The number of hydrogen-bond acceptors (Lipinski definition) is 3. The minimum Gasteiger partial charge on any atom is -0.461 e. The number of carbonyl (C=O) groups is 1. The molecule has 2 aromatic rings. The molecule has 4 nitrogen and oxygen atoms in total. The van der Waals surface area contributed by atoms with Crippen LogP contribution >= 0.6 is 0 Å². The van der Waals surface area contributed by atoms with Gasteiger partial charge in [0, 0.05) is 12.8 Å². The Kier molecular flexibility index (Phi) is 3.94. The Morgan fingerprint density at radius 2 is 1.39 bits per heavy atom. The van der Waals surface area contributed by atoms with Crippen LogP contribution in [0.25, 0.3) is 0 Å². The maximum absolute atomic E-state index is 13.6. The molecule has 0 aromatic heterocycles. The standard InChI is InChI=1S/C24H28NO3/c1-24(16-10-6-4-7-11-16,17-12-8-5-9-13-17)23(26)27-18-14-19-21-22(28-21)20(15-18)25(19,2)3/h4-13,18-22H,14-15H2,1-3H3/q+1/t18?,19-,20?,21-,22?/m0/s1. The van der Waals surface area contributed by atoms with Crippen LogP contribution in [0.2, 0.25) is 0 Å². The number of hydrogen-bond donors (Lipinski definition) is 0. The highest BCUT2D eigenvalue weighted by Gasteiger charge is 2.70. The number of rotatable bonds is 4. The first-order chi connectivity index (χ1) is 13.4. The van der Waals surface area contributed by atoms with Crippen LogP contribution in [-0.4, -0.2) is 54.9 Å². The fourth-order valence-electron chi connectivity index (χ4n) is 5.52. The van der Waals surface area contributed by atoms with Gasteiger partial charge in [-0.3, -0.25) is 4.79 Å². The lowest BCUT2D eigenvalue weighted by atomic mass is 9.76. The van der Waals surface area contributed by atoms with Gasteiger partial charge in [-0.05, 0) is 18.1 Å². The Hall–Kier alpha value is -2.17. The number of esters is 1. The maximum atomic E-state index is 13.6. The number of piperidine rings is 1. The fourth-order valence-corrected chi connectivity index (χ4v) is 5.52. The quantitative estimate of drug-likeness (QED) is 0.466. The third-order valence-corrected chi connectivity index (χ3v) is 7.42. The van der Waals surface area contributed by atoms with Crippen molar-refractivity contribution in [1.82, 2.24) is 0 Å². The van der Waals surface area contributed by atoms with Crippen molar-refractivity contribution >= 4 is 5.97 Å². The number of fused-ring (bicyclic) bond motifs is 5. The second-order valence-electron chi connectivity index (χ2n) is 9.18. The highest BCUT2D eigenvalue weighted by Crippen LogP contribution is 2.52. The van der Waals surface area contributed by atoms with Gasteiger partial charge in [0.1, 0.15) is 35.8 Å². The van der Waals surface area contributed by atoms with Crippen LogP contribution in [0.4, 0.5) is 0 Å². The average molecular weight is 378 g/mol. The van der Waals surface area contributed by atoms with Gasteiger partial charge < -0.3 is 14.0 Å². The van der Waals surface area contributed by atoms with Crippen molar-refractivity contribution in [2.24, 2.45) is 0 Å². The third-order valence-electron chi connectivity index (χ3n) is 7.42. The molecule has 2 bridgehead atoms. The Labute approximate surface area is 166 Å². The molecule has 28 heavy (non-hydrogen) atoms. The van der Waals surface area contributed by atoms with E-state index in [1.807, 2.05) is 67.6 Å². The van der Waals surface area contributed by atoms with E-state index in [2.05, 4.69) is 14.1 Å². The number of morpholine rings is 1. The molecule has 4 heteroatoms. The van der Waals surface area contributed by atoms with Crippen molar-refractivity contribution in [2.75, 3.05) is 14.1 Å². The Bertz CT molecular complexity index is 820. The summed E-state index contributed by atoms with van der Waals surface area (Å²) in [5.41, 5.74) is 1.11. The minimum absolute atomic E-state index is 0.0307. The molecule has 0 N–H and O–H groups in total. The average Bonchev–Trinajstić information content (AvgIpc) is 3.47. The molecule has 0 radical (unpaired) electrons. The van der Waals surface area contributed by atoms with Crippen molar-refractivity contribution < 1.29 is 18.8 Å². The molecule has 0 spiro atoms. The van der Waals surface area contributed by atoms with E-state index in [4.69, 9.17) is 9.47 Å². The fraction of sp³-hybridized carbons (Fsp3) is 0.458. The molecule has 3 heterocycles. The number of ether oxygens (including phenoxy) is 2. The SMILES string of the molecule is CC(C(=O)OC1CC2C3O[C@H]3[C@H](C1)[N+]2(C)C)(c1ccccc1)c1ccccc1. The molecule has 3 aliphatic heterocycles. The summed E-state index contributed by atoms with van der Waals surface area (Å²) in [6, 6.07) is 20.8. The first-order valence-corrected chi connectivity index (χ1v) is 10.2. The first-order valence-electron chi connectivity index (χ1n) is 10.2. The first kappa shape index (κ1) is 17.9. The molecule has 0 amide bonds. The lowest BCUT2D eigenvalue weighted by molar-refractivity contribution is -0.938. The lowest BCUT2D eigenvalue weighted by Gasteiger charge is -2.45. The lowest BCUT2D eigenvalue weighted by Crippen LogP contribution is -2.60. The van der Waals surface area contributed by atoms with Crippen LogP contribution in [0.5, 0.6) is 0 Å². The van der Waals surface area contributed by atoms with Gasteiger partial charge in [-0.15, -0.1) is 0 Å². The second kappa shape index (κ2) is 6.16. The summed E-state index contributed by atoms with van der Waals surface area (Å²) in [5, 5.41) is 0. The zero-order valence-corrected chi connectivity index (χ0v) is 16.7. The molecule has 5 atom stereocenters. The normalized spacial score (nSPS) is 32.5. The number of benzene rings is 2. The molecule has 0 saturated carbocycles. The number of epoxide rings is 1. The number of quaternary nitrogens is 1. The number of likely N-dealkylation sites (N-methyl/N-ethyl adjacent to an activating group) is 1. The summed E-state index contributed by atoms with van der Waals surface area (Å²) in [5.74, 6) is -0.156. The number of nitrogens with zero attached hydrogens (tertiary/aromatic N) is 1. The monoisotopic (exact) mass is 378 g/mol. The van der Waals surface area contributed by atoms with Crippen LogP contribution < -0.4 is 0 Å². The summed E-state index contributed by atoms with van der Waals surface area (Å²) in [7, 11) is 4.59. The predicted octanol–water partition coefficient (Wildman–Crippen LogP) is 3.29. The van der Waals surface area contributed by atoms with Gasteiger partial charge in [0.2, 0.25) is 0 Å².